The molecule has 0 amide bonds. The summed E-state index contributed by atoms with van der Waals surface area (Å²) < 4.78 is 1.84. The lowest BCUT2D eigenvalue weighted by Gasteiger charge is -2.19. The van der Waals surface area contributed by atoms with E-state index in [0.29, 0.717) is 0 Å². The minimum absolute atomic E-state index is 0.0830. The number of Topliss-reactive ketones (excluding diaryl/α,β-unsaturated/α-hetero) is 1. The monoisotopic (exact) mass is 326 g/mol. The minimum atomic E-state index is 0.0830. The predicted octanol–water partition coefficient (Wildman–Crippen LogP) is 4.91. The maximum Gasteiger partial charge on any atom is 0.151 e. The Morgan fingerprint density at radius 2 is 1.40 bits per heavy atom. The van der Waals surface area contributed by atoms with Crippen LogP contribution in [0.2, 0.25) is 0 Å². The van der Waals surface area contributed by atoms with Crippen molar-refractivity contribution >= 4 is 5.78 Å². The summed E-state index contributed by atoms with van der Waals surface area (Å²) in [5, 5.41) is 4.86. The Bertz CT molecular complexity index is 987. The number of carbonyl (C=O) groups is 1. The topological polar surface area (TPSA) is 34.9 Å². The standard InChI is InChI=1S/C22H18N2O/c1-16(25)15-24-22(18-11-6-3-7-12-18)20-14-8-13-19(20)21(23-24)17-9-4-2-5-10-17/h2-14H,15H2,1H3. The molecule has 2 aromatic rings. The summed E-state index contributed by atoms with van der Waals surface area (Å²) in [6.45, 7) is 1.85. The number of carbonyl (C=O) groups excluding carboxylic acids is 1. The quantitative estimate of drug-likeness (QED) is 0.534. The molecule has 0 atom stereocenters. The highest BCUT2D eigenvalue weighted by Gasteiger charge is 2.21. The van der Waals surface area contributed by atoms with Gasteiger partial charge in [-0.3, -0.25) is 9.48 Å². The Morgan fingerprint density at radius 3 is 2.04 bits per heavy atom. The first kappa shape index (κ1) is 15.3. The van der Waals surface area contributed by atoms with Crippen molar-refractivity contribution in [3.05, 3.63) is 78.9 Å². The first-order chi connectivity index (χ1) is 12.2. The number of benzene rings is 2. The molecule has 0 bridgehead atoms. The molecule has 2 aliphatic rings. The van der Waals surface area contributed by atoms with Crippen molar-refractivity contribution in [3.63, 3.8) is 0 Å². The lowest BCUT2D eigenvalue weighted by molar-refractivity contribution is -0.117. The van der Waals surface area contributed by atoms with Gasteiger partial charge in [-0.2, -0.15) is 5.10 Å². The average Bonchev–Trinajstić information content (AvgIpc) is 3.11. The second-order valence-corrected chi connectivity index (χ2v) is 6.14. The van der Waals surface area contributed by atoms with Gasteiger partial charge in [0.25, 0.3) is 0 Å². The molecule has 1 aliphatic carbocycles. The summed E-state index contributed by atoms with van der Waals surface area (Å²) in [5.74, 6) is 0.0830. The van der Waals surface area contributed by atoms with Crippen molar-refractivity contribution in [1.82, 2.24) is 9.78 Å². The number of fused-ring (bicyclic) bond motifs is 1. The molecule has 0 saturated heterocycles. The van der Waals surface area contributed by atoms with Gasteiger partial charge in [0, 0.05) is 22.3 Å². The second-order valence-electron chi connectivity index (χ2n) is 6.14. The third-order valence-corrected chi connectivity index (χ3v) is 4.27. The summed E-state index contributed by atoms with van der Waals surface area (Å²) in [5.41, 5.74) is 6.21. The summed E-state index contributed by atoms with van der Waals surface area (Å²) in [6, 6.07) is 26.5. The number of rotatable bonds is 4. The van der Waals surface area contributed by atoms with Crippen LogP contribution >= 0.6 is 0 Å². The predicted molar refractivity (Wildman–Crippen MR) is 100 cm³/mol. The molecular weight excluding hydrogens is 308 g/mol. The Kier molecular flexibility index (Phi) is 3.90. The van der Waals surface area contributed by atoms with E-state index >= 15 is 0 Å². The summed E-state index contributed by atoms with van der Waals surface area (Å²) in [7, 11) is 0. The van der Waals surface area contributed by atoms with Crippen LogP contribution < -0.4 is 0 Å². The zero-order valence-corrected chi connectivity index (χ0v) is 14.0. The van der Waals surface area contributed by atoms with Crippen molar-refractivity contribution in [3.8, 4) is 33.6 Å². The van der Waals surface area contributed by atoms with E-state index in [4.69, 9.17) is 5.10 Å². The Balaban J connectivity index is 2.02. The van der Waals surface area contributed by atoms with E-state index in [2.05, 4.69) is 36.4 Å². The molecule has 25 heavy (non-hydrogen) atoms. The lowest BCUT2D eigenvalue weighted by Crippen LogP contribution is -2.15. The fourth-order valence-corrected chi connectivity index (χ4v) is 3.23. The van der Waals surface area contributed by atoms with Gasteiger partial charge in [-0.25, -0.2) is 0 Å². The zero-order valence-electron chi connectivity index (χ0n) is 14.0. The molecule has 4 rings (SSSR count). The van der Waals surface area contributed by atoms with Gasteiger partial charge >= 0.3 is 0 Å². The molecule has 1 aliphatic heterocycles. The SMILES string of the molecule is CC(=O)Cn1nc(-c2ccccc2)c2cccc-2c1-c1ccccc1. The smallest absolute Gasteiger partial charge is 0.151 e. The van der Waals surface area contributed by atoms with Gasteiger partial charge in [0.2, 0.25) is 0 Å². The van der Waals surface area contributed by atoms with E-state index in [1.165, 1.54) is 0 Å². The van der Waals surface area contributed by atoms with Crippen molar-refractivity contribution in [2.24, 2.45) is 0 Å². The second kappa shape index (κ2) is 6.36. The summed E-state index contributed by atoms with van der Waals surface area (Å²) >= 11 is 0. The molecule has 0 N–H and O–H groups in total. The van der Waals surface area contributed by atoms with Crippen LogP contribution in [0.3, 0.4) is 0 Å². The van der Waals surface area contributed by atoms with Gasteiger partial charge < -0.3 is 0 Å². The molecule has 3 nitrogen and oxygen atoms in total. The van der Waals surface area contributed by atoms with Crippen molar-refractivity contribution in [1.29, 1.82) is 0 Å². The van der Waals surface area contributed by atoms with Gasteiger partial charge in [-0.1, -0.05) is 78.9 Å². The molecule has 0 unspecified atom stereocenters. The van der Waals surface area contributed by atoms with Gasteiger partial charge in [0.15, 0.2) is 5.78 Å². The van der Waals surface area contributed by atoms with Crippen LogP contribution in [0, 0.1) is 0 Å². The van der Waals surface area contributed by atoms with Crippen LogP contribution in [-0.2, 0) is 11.3 Å². The van der Waals surface area contributed by atoms with E-state index in [9.17, 15) is 4.79 Å². The molecule has 0 spiro atoms. The van der Waals surface area contributed by atoms with Crippen LogP contribution in [0.4, 0.5) is 0 Å². The summed E-state index contributed by atoms with van der Waals surface area (Å²) in [4.78, 5) is 11.9. The van der Waals surface area contributed by atoms with E-state index in [1.807, 2.05) is 47.1 Å². The number of aromatic nitrogens is 2. The van der Waals surface area contributed by atoms with Crippen molar-refractivity contribution in [2.45, 2.75) is 13.5 Å². The van der Waals surface area contributed by atoms with Gasteiger partial charge in [0.05, 0.1) is 17.9 Å². The van der Waals surface area contributed by atoms with Crippen LogP contribution in [0.15, 0.2) is 78.9 Å². The molecule has 0 fully saturated rings. The van der Waals surface area contributed by atoms with E-state index < -0.39 is 0 Å². The molecular formula is C22H18N2O. The van der Waals surface area contributed by atoms with Gasteiger partial charge in [-0.15, -0.1) is 0 Å². The van der Waals surface area contributed by atoms with E-state index in [0.717, 1.165) is 33.6 Å². The number of hydrogen-bond acceptors (Lipinski definition) is 2. The Morgan fingerprint density at radius 1 is 0.800 bits per heavy atom. The Labute approximate surface area is 146 Å². The zero-order chi connectivity index (χ0) is 17.2. The third kappa shape index (κ3) is 2.85. The maximum absolute atomic E-state index is 11.9. The van der Waals surface area contributed by atoms with Crippen molar-refractivity contribution < 1.29 is 4.79 Å². The number of hydrogen-bond donors (Lipinski definition) is 0. The summed E-state index contributed by atoms with van der Waals surface area (Å²) in [6.07, 6.45) is 0. The van der Waals surface area contributed by atoms with Crippen LogP contribution in [0.5, 0.6) is 0 Å². The average molecular weight is 326 g/mol. The van der Waals surface area contributed by atoms with Crippen LogP contribution in [0.25, 0.3) is 33.6 Å². The molecule has 2 aromatic carbocycles. The highest BCUT2D eigenvalue weighted by Crippen LogP contribution is 2.39. The number of nitrogens with zero attached hydrogens (tertiary/aromatic N) is 2. The lowest BCUT2D eigenvalue weighted by atomic mass is 9.98. The van der Waals surface area contributed by atoms with Crippen molar-refractivity contribution in [2.75, 3.05) is 0 Å². The highest BCUT2D eigenvalue weighted by molar-refractivity contribution is 5.91. The van der Waals surface area contributed by atoms with E-state index in [-0.39, 0.29) is 12.3 Å². The Hall–Kier alpha value is -3.20. The fraction of sp³-hybridized carbons (Fsp3) is 0.0909. The molecule has 0 saturated carbocycles. The molecule has 122 valence electrons. The van der Waals surface area contributed by atoms with Crippen LogP contribution in [0.1, 0.15) is 6.92 Å². The molecule has 3 heteroatoms. The third-order valence-electron chi connectivity index (χ3n) is 4.27. The van der Waals surface area contributed by atoms with E-state index in [1.54, 1.807) is 6.92 Å². The van der Waals surface area contributed by atoms with Crippen LogP contribution in [-0.4, -0.2) is 15.6 Å². The fourth-order valence-electron chi connectivity index (χ4n) is 3.23. The highest BCUT2D eigenvalue weighted by atomic mass is 16.1. The first-order valence-electron chi connectivity index (χ1n) is 8.34. The number of ketones is 1. The molecule has 0 aromatic heterocycles. The first-order valence-corrected chi connectivity index (χ1v) is 8.34. The maximum atomic E-state index is 11.9. The normalized spacial score (nSPS) is 10.9. The molecule has 1 heterocycles. The molecule has 0 radical (unpaired) electrons. The van der Waals surface area contributed by atoms with Gasteiger partial charge in [-0.05, 0) is 6.92 Å². The van der Waals surface area contributed by atoms with Gasteiger partial charge in [0.1, 0.15) is 0 Å². The minimum Gasteiger partial charge on any atom is -0.298 e. The largest absolute Gasteiger partial charge is 0.298 e.